The summed E-state index contributed by atoms with van der Waals surface area (Å²) in [5.41, 5.74) is 2.83. The van der Waals surface area contributed by atoms with Crippen LogP contribution < -0.4 is 5.32 Å². The Balaban J connectivity index is 1.84. The molecular formula is C15H12Cl2N4O2. The molecule has 0 aliphatic heterocycles. The normalized spacial score (nSPS) is 10.8. The second kappa shape index (κ2) is 6.06. The minimum atomic E-state index is -0.335. The van der Waals surface area contributed by atoms with Gasteiger partial charge in [-0.15, -0.1) is 0 Å². The number of anilines is 1. The molecule has 0 saturated heterocycles. The van der Waals surface area contributed by atoms with E-state index >= 15 is 0 Å². The van der Waals surface area contributed by atoms with Gasteiger partial charge in [0.1, 0.15) is 17.1 Å². The SMILES string of the molecule is Cc1noc(C)c1NC(=O)c1cc(-c2ccc(Cl)c(Cl)c2)n[nH]1. The molecule has 118 valence electrons. The van der Waals surface area contributed by atoms with Crippen molar-refractivity contribution in [3.8, 4) is 11.3 Å². The van der Waals surface area contributed by atoms with E-state index < -0.39 is 0 Å². The summed E-state index contributed by atoms with van der Waals surface area (Å²) in [5.74, 6) is 0.207. The number of benzene rings is 1. The number of nitrogens with one attached hydrogen (secondary N) is 2. The van der Waals surface area contributed by atoms with Gasteiger partial charge in [0.15, 0.2) is 5.76 Å². The van der Waals surface area contributed by atoms with E-state index in [0.717, 1.165) is 5.56 Å². The van der Waals surface area contributed by atoms with E-state index in [2.05, 4.69) is 20.7 Å². The zero-order chi connectivity index (χ0) is 16.6. The van der Waals surface area contributed by atoms with Crippen molar-refractivity contribution in [3.63, 3.8) is 0 Å². The zero-order valence-corrected chi connectivity index (χ0v) is 13.8. The molecule has 1 aromatic carbocycles. The Labute approximate surface area is 141 Å². The molecule has 0 unspecified atom stereocenters. The van der Waals surface area contributed by atoms with E-state index in [4.69, 9.17) is 27.7 Å². The lowest BCUT2D eigenvalue weighted by atomic mass is 10.1. The molecule has 0 bridgehead atoms. The van der Waals surface area contributed by atoms with E-state index in [0.29, 0.717) is 38.6 Å². The van der Waals surface area contributed by atoms with Gasteiger partial charge in [0, 0.05) is 5.56 Å². The minimum Gasteiger partial charge on any atom is -0.359 e. The first-order chi connectivity index (χ1) is 11.0. The van der Waals surface area contributed by atoms with Crippen molar-refractivity contribution in [2.75, 3.05) is 5.32 Å². The van der Waals surface area contributed by atoms with Crippen molar-refractivity contribution in [1.29, 1.82) is 0 Å². The molecule has 8 heteroatoms. The molecule has 2 N–H and O–H groups in total. The number of nitrogens with zero attached hydrogens (tertiary/aromatic N) is 2. The zero-order valence-electron chi connectivity index (χ0n) is 12.3. The van der Waals surface area contributed by atoms with E-state index in [1.807, 2.05) is 0 Å². The van der Waals surface area contributed by atoms with Gasteiger partial charge < -0.3 is 9.84 Å². The summed E-state index contributed by atoms with van der Waals surface area (Å²) in [6, 6.07) is 6.78. The summed E-state index contributed by atoms with van der Waals surface area (Å²) in [7, 11) is 0. The van der Waals surface area contributed by atoms with Crippen molar-refractivity contribution < 1.29 is 9.32 Å². The van der Waals surface area contributed by atoms with Crippen LogP contribution in [0.3, 0.4) is 0 Å². The lowest BCUT2D eigenvalue weighted by Crippen LogP contribution is -2.13. The summed E-state index contributed by atoms with van der Waals surface area (Å²) in [6.45, 7) is 3.48. The molecule has 0 fully saturated rings. The number of amides is 1. The highest BCUT2D eigenvalue weighted by molar-refractivity contribution is 6.42. The van der Waals surface area contributed by atoms with Crippen molar-refractivity contribution in [3.05, 3.63) is 51.5 Å². The van der Waals surface area contributed by atoms with Crippen molar-refractivity contribution in [2.45, 2.75) is 13.8 Å². The molecule has 2 heterocycles. The minimum absolute atomic E-state index is 0.311. The Bertz CT molecular complexity index is 866. The number of hydrogen-bond acceptors (Lipinski definition) is 4. The Hall–Kier alpha value is -2.31. The first kappa shape index (κ1) is 15.6. The largest absolute Gasteiger partial charge is 0.359 e. The highest BCUT2D eigenvalue weighted by Crippen LogP contribution is 2.28. The summed E-state index contributed by atoms with van der Waals surface area (Å²) in [5, 5.41) is 14.2. The maximum atomic E-state index is 12.3. The van der Waals surface area contributed by atoms with Crippen LogP contribution in [-0.4, -0.2) is 21.3 Å². The molecule has 3 rings (SSSR count). The standard InChI is InChI=1S/C15H12Cl2N4O2/c1-7-14(8(2)23-21-7)18-15(22)13-6-12(19-20-13)9-3-4-10(16)11(17)5-9/h3-6H,1-2H3,(H,18,22)(H,19,20). The maximum Gasteiger partial charge on any atom is 0.273 e. The molecule has 0 saturated carbocycles. The van der Waals surface area contributed by atoms with E-state index in [9.17, 15) is 4.79 Å². The molecular weight excluding hydrogens is 339 g/mol. The molecule has 0 radical (unpaired) electrons. The Morgan fingerprint density at radius 3 is 2.65 bits per heavy atom. The molecule has 23 heavy (non-hydrogen) atoms. The van der Waals surface area contributed by atoms with E-state index in [1.165, 1.54) is 0 Å². The van der Waals surface area contributed by atoms with Crippen LogP contribution in [0.15, 0.2) is 28.8 Å². The van der Waals surface area contributed by atoms with Gasteiger partial charge in [-0.3, -0.25) is 9.89 Å². The fraction of sp³-hybridized carbons (Fsp3) is 0.133. The van der Waals surface area contributed by atoms with Crippen molar-refractivity contribution >= 4 is 34.8 Å². The fourth-order valence-corrected chi connectivity index (χ4v) is 2.38. The molecule has 0 aliphatic carbocycles. The lowest BCUT2D eigenvalue weighted by molar-refractivity contribution is 0.102. The highest BCUT2D eigenvalue weighted by atomic mass is 35.5. The third-order valence-corrected chi connectivity index (χ3v) is 4.05. The summed E-state index contributed by atoms with van der Waals surface area (Å²) >= 11 is 11.9. The summed E-state index contributed by atoms with van der Waals surface area (Å²) in [4.78, 5) is 12.3. The highest BCUT2D eigenvalue weighted by Gasteiger charge is 2.16. The molecule has 6 nitrogen and oxygen atoms in total. The molecule has 3 aromatic rings. The molecule has 0 spiro atoms. The number of H-pyrrole nitrogens is 1. The summed E-state index contributed by atoms with van der Waals surface area (Å²) < 4.78 is 5.01. The van der Waals surface area contributed by atoms with Crippen LogP contribution >= 0.6 is 23.2 Å². The average Bonchev–Trinajstić information content (AvgIpc) is 3.12. The quantitative estimate of drug-likeness (QED) is 0.739. The first-order valence-electron chi connectivity index (χ1n) is 6.70. The molecule has 2 aromatic heterocycles. The summed E-state index contributed by atoms with van der Waals surface area (Å²) in [6.07, 6.45) is 0. The van der Waals surface area contributed by atoms with Gasteiger partial charge in [-0.25, -0.2) is 0 Å². The number of carbonyl (C=O) groups is 1. The number of hydrogen-bond donors (Lipinski definition) is 2. The second-order valence-electron chi connectivity index (χ2n) is 4.95. The monoisotopic (exact) mass is 350 g/mol. The van der Waals surface area contributed by atoms with Crippen LogP contribution in [-0.2, 0) is 0 Å². The maximum absolute atomic E-state index is 12.3. The van der Waals surface area contributed by atoms with Gasteiger partial charge >= 0.3 is 0 Å². The van der Waals surface area contributed by atoms with Gasteiger partial charge in [-0.1, -0.05) is 34.4 Å². The topological polar surface area (TPSA) is 83.8 Å². The number of aromatic nitrogens is 3. The first-order valence-corrected chi connectivity index (χ1v) is 7.46. The Morgan fingerprint density at radius 2 is 2.00 bits per heavy atom. The molecule has 0 atom stereocenters. The van der Waals surface area contributed by atoms with E-state index in [1.54, 1.807) is 38.1 Å². The van der Waals surface area contributed by atoms with Gasteiger partial charge in [-0.05, 0) is 32.0 Å². The van der Waals surface area contributed by atoms with Crippen molar-refractivity contribution in [1.82, 2.24) is 15.4 Å². The van der Waals surface area contributed by atoms with Crippen LogP contribution in [0.2, 0.25) is 10.0 Å². The number of rotatable bonds is 3. The average molecular weight is 351 g/mol. The van der Waals surface area contributed by atoms with Crippen molar-refractivity contribution in [2.24, 2.45) is 0 Å². The lowest BCUT2D eigenvalue weighted by Gasteiger charge is -2.01. The smallest absolute Gasteiger partial charge is 0.273 e. The predicted octanol–water partition coefficient (Wildman–Crippen LogP) is 4.24. The number of aryl methyl sites for hydroxylation is 2. The van der Waals surface area contributed by atoms with Crippen LogP contribution in [0, 0.1) is 13.8 Å². The number of aromatic amines is 1. The van der Waals surface area contributed by atoms with Gasteiger partial charge in [0.25, 0.3) is 5.91 Å². The van der Waals surface area contributed by atoms with Crippen LogP contribution in [0.4, 0.5) is 5.69 Å². The van der Waals surface area contributed by atoms with Crippen LogP contribution in [0.1, 0.15) is 21.9 Å². The number of halogens is 2. The Morgan fingerprint density at radius 1 is 1.22 bits per heavy atom. The number of carbonyl (C=O) groups excluding carboxylic acids is 1. The van der Waals surface area contributed by atoms with Gasteiger partial charge in [0.2, 0.25) is 0 Å². The Kier molecular flexibility index (Phi) is 4.11. The third kappa shape index (κ3) is 3.09. The molecule has 1 amide bonds. The predicted molar refractivity (Wildman–Crippen MR) is 88.0 cm³/mol. The van der Waals surface area contributed by atoms with Gasteiger partial charge in [0.05, 0.1) is 15.7 Å². The third-order valence-electron chi connectivity index (χ3n) is 3.31. The van der Waals surface area contributed by atoms with Crippen LogP contribution in [0.5, 0.6) is 0 Å². The fourth-order valence-electron chi connectivity index (χ4n) is 2.08. The van der Waals surface area contributed by atoms with Gasteiger partial charge in [-0.2, -0.15) is 5.10 Å². The molecule has 0 aliphatic rings. The van der Waals surface area contributed by atoms with E-state index in [-0.39, 0.29) is 5.91 Å². The van der Waals surface area contributed by atoms with Crippen LogP contribution in [0.25, 0.3) is 11.3 Å². The second-order valence-corrected chi connectivity index (χ2v) is 5.76.